The molecule has 0 bridgehead atoms. The monoisotopic (exact) mass is 436 g/mol. The Kier molecular flexibility index (Phi) is 6.03. The molecule has 1 heterocycles. The first kappa shape index (κ1) is 21.3. The topological polar surface area (TPSA) is 62.4 Å². The quantitative estimate of drug-likeness (QED) is 0.161. The van der Waals surface area contributed by atoms with Crippen molar-refractivity contribution in [3.8, 4) is 6.07 Å². The summed E-state index contributed by atoms with van der Waals surface area (Å²) in [5.41, 5.74) is 0.0900. The number of allylic oxidation sites excluding steroid dienone is 2. The maximum absolute atomic E-state index is 13.7. The van der Waals surface area contributed by atoms with Crippen LogP contribution < -0.4 is 0 Å². The van der Waals surface area contributed by atoms with Gasteiger partial charge in [0.05, 0.1) is 5.57 Å². The van der Waals surface area contributed by atoms with Gasteiger partial charge in [-0.3, -0.25) is 0 Å². The highest BCUT2D eigenvalue weighted by atomic mass is 32.2. The van der Waals surface area contributed by atoms with Crippen molar-refractivity contribution in [3.63, 3.8) is 0 Å². The van der Waals surface area contributed by atoms with E-state index in [0.717, 1.165) is 17.3 Å². The summed E-state index contributed by atoms with van der Waals surface area (Å²) in [7, 11) is 0. The number of nitriles is 1. The third-order valence-corrected chi connectivity index (χ3v) is 4.98. The van der Waals surface area contributed by atoms with Gasteiger partial charge in [-0.2, -0.15) is 5.26 Å². The third-order valence-electron chi connectivity index (χ3n) is 4.00. The van der Waals surface area contributed by atoms with Crippen LogP contribution in [0.25, 0.3) is 5.57 Å². The average Bonchev–Trinajstić information content (AvgIpc) is 3.20. The molecule has 1 aliphatic heterocycles. The van der Waals surface area contributed by atoms with Crippen LogP contribution in [0, 0.1) is 47.3 Å². The van der Waals surface area contributed by atoms with Gasteiger partial charge in [-0.25, -0.2) is 26.7 Å². The van der Waals surface area contributed by atoms with Gasteiger partial charge in [0.15, 0.2) is 23.3 Å². The van der Waals surface area contributed by atoms with Crippen molar-refractivity contribution in [2.24, 2.45) is 5.16 Å². The lowest BCUT2D eigenvalue weighted by atomic mass is 10.0. The number of halogens is 5. The molecule has 2 aromatic rings. The fourth-order valence-corrected chi connectivity index (χ4v) is 3.36. The van der Waals surface area contributed by atoms with E-state index in [0.29, 0.717) is 16.0 Å². The lowest BCUT2D eigenvalue weighted by Gasteiger charge is -2.06. The predicted molar refractivity (Wildman–Crippen MR) is 99.5 cm³/mol. The van der Waals surface area contributed by atoms with Crippen molar-refractivity contribution in [2.45, 2.75) is 6.92 Å². The molecule has 1 aliphatic rings. The summed E-state index contributed by atoms with van der Waals surface area (Å²) < 4.78 is 66.8. The van der Waals surface area contributed by atoms with Crippen LogP contribution in [-0.2, 0) is 4.84 Å². The number of nitrogens with zero attached hydrogens (tertiary/aromatic N) is 2. The lowest BCUT2D eigenvalue weighted by Crippen LogP contribution is -2.14. The summed E-state index contributed by atoms with van der Waals surface area (Å²) in [5, 5.41) is 12.9. The summed E-state index contributed by atoms with van der Waals surface area (Å²) in [6.07, 6.45) is 2.88. The van der Waals surface area contributed by atoms with E-state index in [4.69, 9.17) is 0 Å². The van der Waals surface area contributed by atoms with Crippen molar-refractivity contribution in [1.82, 2.24) is 0 Å². The number of hydrogen-bond acceptors (Lipinski definition) is 5. The molecule has 0 amide bonds. The Balaban J connectivity index is 1.85. The average molecular weight is 436 g/mol. The van der Waals surface area contributed by atoms with Gasteiger partial charge in [0.25, 0.3) is 0 Å². The van der Waals surface area contributed by atoms with E-state index in [1.54, 1.807) is 12.1 Å². The van der Waals surface area contributed by atoms with E-state index < -0.39 is 40.6 Å². The Morgan fingerprint density at radius 3 is 2.20 bits per heavy atom. The number of hydrogen-bond donors (Lipinski definition) is 0. The molecule has 10 heteroatoms. The van der Waals surface area contributed by atoms with E-state index in [1.807, 2.05) is 19.1 Å². The van der Waals surface area contributed by atoms with Gasteiger partial charge in [0.1, 0.15) is 16.7 Å². The molecule has 0 N–H and O–H groups in total. The third kappa shape index (κ3) is 3.84. The van der Waals surface area contributed by atoms with Crippen molar-refractivity contribution in [2.75, 3.05) is 0 Å². The fraction of sp³-hybridized carbons (Fsp3) is 0.0500. The van der Waals surface area contributed by atoms with E-state index in [-0.39, 0.29) is 5.04 Å². The van der Waals surface area contributed by atoms with Gasteiger partial charge < -0.3 is 4.84 Å². The zero-order chi connectivity index (χ0) is 22.0. The normalized spacial score (nSPS) is 16.0. The highest BCUT2D eigenvalue weighted by molar-refractivity contribution is 8.18. The minimum atomic E-state index is -2.39. The second-order valence-electron chi connectivity index (χ2n) is 5.85. The summed E-state index contributed by atoms with van der Waals surface area (Å²) in [4.78, 5) is 16.7. The second kappa shape index (κ2) is 8.51. The van der Waals surface area contributed by atoms with Crippen molar-refractivity contribution < 1.29 is 31.6 Å². The lowest BCUT2D eigenvalue weighted by molar-refractivity contribution is 0.0503. The second-order valence-corrected chi connectivity index (χ2v) is 6.92. The standard InChI is InChI=1S/C20H9F5N2O2S/c1-9-4-2-3-5-10(9)11(8-26)12-6-7-13(30-12)27-29-20(28)14-15(21)17(23)19(25)18(24)16(14)22/h2-7H,1H3. The summed E-state index contributed by atoms with van der Waals surface area (Å²) in [6, 6.07) is 9.19. The molecule has 0 atom stereocenters. The van der Waals surface area contributed by atoms with Crippen LogP contribution in [0.2, 0.25) is 0 Å². The Morgan fingerprint density at radius 1 is 1.00 bits per heavy atom. The van der Waals surface area contributed by atoms with Crippen molar-refractivity contribution in [3.05, 3.63) is 87.1 Å². The number of carbonyl (C=O) groups excluding carboxylic acids is 1. The van der Waals surface area contributed by atoms with Crippen LogP contribution in [0.1, 0.15) is 21.5 Å². The first-order valence-corrected chi connectivity index (χ1v) is 8.95. The molecular formula is C20H9F5N2O2S. The van der Waals surface area contributed by atoms with Gasteiger partial charge in [0.2, 0.25) is 5.82 Å². The van der Waals surface area contributed by atoms with Crippen molar-refractivity contribution >= 4 is 28.3 Å². The molecule has 0 aliphatic carbocycles. The molecular weight excluding hydrogens is 427 g/mol. The maximum Gasteiger partial charge on any atom is 0.371 e. The maximum atomic E-state index is 13.7. The van der Waals surface area contributed by atoms with E-state index in [2.05, 4.69) is 16.1 Å². The summed E-state index contributed by atoms with van der Waals surface area (Å²) >= 11 is 0.924. The number of carbonyl (C=O) groups is 1. The number of aryl methyl sites for hydroxylation is 1. The number of thioether (sulfide) groups is 1. The van der Waals surface area contributed by atoms with Gasteiger partial charge in [-0.15, -0.1) is 0 Å². The van der Waals surface area contributed by atoms with E-state index in [1.165, 1.54) is 12.2 Å². The molecule has 0 radical (unpaired) electrons. The molecule has 4 nitrogen and oxygen atoms in total. The summed E-state index contributed by atoms with van der Waals surface area (Å²) in [6.45, 7) is 1.82. The number of benzene rings is 2. The zero-order valence-corrected chi connectivity index (χ0v) is 15.8. The fourth-order valence-electron chi connectivity index (χ4n) is 2.53. The first-order valence-electron chi connectivity index (χ1n) is 8.13. The Hall–Kier alpha value is -3.45. The van der Waals surface area contributed by atoms with Crippen LogP contribution in [0.15, 0.2) is 46.5 Å². The van der Waals surface area contributed by atoms with Crippen LogP contribution in [-0.4, -0.2) is 11.0 Å². The zero-order valence-electron chi connectivity index (χ0n) is 15.0. The molecule has 0 spiro atoms. The molecule has 30 heavy (non-hydrogen) atoms. The molecule has 0 saturated heterocycles. The van der Waals surface area contributed by atoms with Crippen molar-refractivity contribution in [1.29, 1.82) is 5.26 Å². The Bertz CT molecular complexity index is 1170. The van der Waals surface area contributed by atoms with E-state index >= 15 is 0 Å². The van der Waals surface area contributed by atoms with Gasteiger partial charge in [-0.05, 0) is 30.2 Å². The SMILES string of the molecule is Cc1ccccc1C(C#N)=C1C=CC(=NOC(=O)c2c(F)c(F)c(F)c(F)c2F)S1. The molecule has 0 aromatic heterocycles. The molecule has 0 unspecified atom stereocenters. The van der Waals surface area contributed by atoms with Gasteiger partial charge in [0, 0.05) is 4.91 Å². The number of oxime groups is 1. The van der Waals surface area contributed by atoms with Crippen LogP contribution in [0.4, 0.5) is 22.0 Å². The highest BCUT2D eigenvalue weighted by Gasteiger charge is 2.31. The van der Waals surface area contributed by atoms with Gasteiger partial charge in [-0.1, -0.05) is 41.2 Å². The molecule has 0 saturated carbocycles. The van der Waals surface area contributed by atoms with Gasteiger partial charge >= 0.3 is 5.97 Å². The van der Waals surface area contributed by atoms with E-state index in [9.17, 15) is 32.0 Å². The molecule has 0 fully saturated rings. The number of rotatable bonds is 3. The molecule has 152 valence electrons. The van der Waals surface area contributed by atoms with Crippen LogP contribution in [0.3, 0.4) is 0 Å². The minimum Gasteiger partial charge on any atom is -0.311 e. The van der Waals surface area contributed by atoms with Crippen LogP contribution >= 0.6 is 11.8 Å². The molecule has 3 rings (SSSR count). The summed E-state index contributed by atoms with van der Waals surface area (Å²) in [5.74, 6) is -13.4. The Morgan fingerprint density at radius 2 is 1.60 bits per heavy atom. The largest absolute Gasteiger partial charge is 0.371 e. The Labute approximate surface area is 170 Å². The first-order chi connectivity index (χ1) is 14.3. The molecule has 2 aromatic carbocycles. The van der Waals surface area contributed by atoms with Crippen LogP contribution in [0.5, 0.6) is 0 Å². The predicted octanol–water partition coefficient (Wildman–Crippen LogP) is 5.40. The highest BCUT2D eigenvalue weighted by Crippen LogP contribution is 2.35. The smallest absolute Gasteiger partial charge is 0.311 e. The minimum absolute atomic E-state index is 0.0311.